The monoisotopic (exact) mass is 336 g/mol. The molecule has 5 heteroatoms. The van der Waals surface area contributed by atoms with Gasteiger partial charge >= 0.3 is 12.0 Å². The van der Waals surface area contributed by atoms with Crippen LogP contribution in [0.1, 0.15) is 36.6 Å². The predicted octanol–water partition coefficient (Wildman–Crippen LogP) is 3.13. The number of benzene rings is 2. The topological polar surface area (TPSA) is 67.4 Å². The lowest BCUT2D eigenvalue weighted by Crippen LogP contribution is -2.45. The van der Waals surface area contributed by atoms with Gasteiger partial charge in [-0.3, -0.25) is 0 Å². The van der Waals surface area contributed by atoms with Gasteiger partial charge in [0.15, 0.2) is 0 Å². The Labute approximate surface area is 146 Å². The summed E-state index contributed by atoms with van der Waals surface area (Å²) >= 11 is 0. The lowest BCUT2D eigenvalue weighted by atomic mass is 9.90. The lowest BCUT2D eigenvalue weighted by Gasteiger charge is -2.29. The molecular weight excluding hydrogens is 316 g/mol. The summed E-state index contributed by atoms with van der Waals surface area (Å²) in [6.45, 7) is 3.80. The van der Waals surface area contributed by atoms with Gasteiger partial charge in [-0.1, -0.05) is 30.3 Å². The van der Waals surface area contributed by atoms with E-state index in [9.17, 15) is 9.59 Å². The smallest absolute Gasteiger partial charge is 0.338 e. The number of rotatable bonds is 3. The summed E-state index contributed by atoms with van der Waals surface area (Å²) in [5, 5.41) is 7.93. The van der Waals surface area contributed by atoms with Gasteiger partial charge in [-0.15, -0.1) is 0 Å². The number of amides is 2. The van der Waals surface area contributed by atoms with Crippen molar-refractivity contribution in [3.63, 3.8) is 0 Å². The van der Waals surface area contributed by atoms with Crippen LogP contribution in [0, 0.1) is 0 Å². The predicted molar refractivity (Wildman–Crippen MR) is 95.1 cm³/mol. The molecule has 0 spiro atoms. The Balaban J connectivity index is 1.91. The molecule has 0 saturated heterocycles. The zero-order valence-corrected chi connectivity index (χ0v) is 14.3. The van der Waals surface area contributed by atoms with Gasteiger partial charge < -0.3 is 15.4 Å². The Morgan fingerprint density at radius 3 is 2.72 bits per heavy atom. The normalized spacial score (nSPS) is 19.0. The van der Waals surface area contributed by atoms with E-state index in [0.717, 1.165) is 23.8 Å². The number of hydrogen-bond acceptors (Lipinski definition) is 3. The molecular formula is C20H20N2O3. The molecule has 2 aromatic rings. The average Bonchev–Trinajstić information content (AvgIpc) is 3.00. The Morgan fingerprint density at radius 2 is 1.96 bits per heavy atom. The molecule has 2 aliphatic rings. The van der Waals surface area contributed by atoms with Crippen molar-refractivity contribution in [3.8, 4) is 0 Å². The molecule has 2 N–H and O–H groups in total. The van der Waals surface area contributed by atoms with Crippen molar-refractivity contribution in [2.45, 2.75) is 32.7 Å². The first-order valence-electron chi connectivity index (χ1n) is 8.59. The van der Waals surface area contributed by atoms with Crippen molar-refractivity contribution < 1.29 is 14.3 Å². The molecule has 0 aromatic heterocycles. The van der Waals surface area contributed by atoms with Crippen LogP contribution in [0.5, 0.6) is 0 Å². The van der Waals surface area contributed by atoms with E-state index in [1.807, 2.05) is 12.1 Å². The zero-order chi connectivity index (χ0) is 17.6. The third-order valence-electron chi connectivity index (χ3n) is 4.99. The van der Waals surface area contributed by atoms with Crippen LogP contribution in [-0.4, -0.2) is 18.6 Å². The Morgan fingerprint density at radius 1 is 1.20 bits per heavy atom. The second-order valence-electron chi connectivity index (χ2n) is 6.44. The maximum atomic E-state index is 12.5. The minimum absolute atomic E-state index is 0.292. The summed E-state index contributed by atoms with van der Waals surface area (Å²) in [5.41, 5.74) is 4.58. The van der Waals surface area contributed by atoms with Crippen LogP contribution in [0.2, 0.25) is 0 Å². The summed E-state index contributed by atoms with van der Waals surface area (Å²) in [6, 6.07) is 9.57. The molecule has 2 amide bonds. The molecule has 0 bridgehead atoms. The molecule has 0 saturated carbocycles. The third-order valence-corrected chi connectivity index (χ3v) is 4.99. The first-order chi connectivity index (χ1) is 12.1. The number of esters is 1. The quantitative estimate of drug-likeness (QED) is 0.846. The van der Waals surface area contributed by atoms with Gasteiger partial charge in [0.1, 0.15) is 0 Å². The maximum absolute atomic E-state index is 12.5. The van der Waals surface area contributed by atoms with E-state index < -0.39 is 12.0 Å². The van der Waals surface area contributed by atoms with Gasteiger partial charge in [-0.25, -0.2) is 9.59 Å². The molecule has 2 aromatic carbocycles. The average molecular weight is 336 g/mol. The third kappa shape index (κ3) is 2.47. The molecule has 5 nitrogen and oxygen atoms in total. The van der Waals surface area contributed by atoms with Crippen LogP contribution in [0.25, 0.3) is 10.8 Å². The first kappa shape index (κ1) is 15.7. The van der Waals surface area contributed by atoms with Crippen LogP contribution >= 0.6 is 0 Å². The first-order valence-corrected chi connectivity index (χ1v) is 8.59. The summed E-state index contributed by atoms with van der Waals surface area (Å²) in [7, 11) is 0. The lowest BCUT2D eigenvalue weighted by molar-refractivity contribution is -0.139. The Kier molecular flexibility index (Phi) is 3.71. The second-order valence-corrected chi connectivity index (χ2v) is 6.44. The minimum atomic E-state index is -0.516. The molecule has 1 aliphatic heterocycles. The van der Waals surface area contributed by atoms with E-state index >= 15 is 0 Å². The van der Waals surface area contributed by atoms with E-state index in [1.54, 1.807) is 13.8 Å². The number of ether oxygens (including phenoxy) is 1. The van der Waals surface area contributed by atoms with Crippen molar-refractivity contribution in [1.29, 1.82) is 0 Å². The van der Waals surface area contributed by atoms with Crippen LogP contribution in [0.15, 0.2) is 41.6 Å². The fourth-order valence-electron chi connectivity index (χ4n) is 3.93. The van der Waals surface area contributed by atoms with Crippen LogP contribution < -0.4 is 10.6 Å². The summed E-state index contributed by atoms with van der Waals surface area (Å²) in [4.78, 5) is 24.6. The largest absolute Gasteiger partial charge is 0.463 e. The fraction of sp³-hybridized carbons (Fsp3) is 0.300. The van der Waals surface area contributed by atoms with Crippen LogP contribution in [0.4, 0.5) is 4.79 Å². The molecule has 0 unspecified atom stereocenters. The molecule has 1 heterocycles. The SMILES string of the molecule is CCOC(=O)C1=C(C)NC(=O)N[C@H]1c1ccc2c3c(cccc13)CC2. The number of nitrogens with one attached hydrogen (secondary N) is 2. The summed E-state index contributed by atoms with van der Waals surface area (Å²) in [5.74, 6) is -0.402. The molecule has 25 heavy (non-hydrogen) atoms. The minimum Gasteiger partial charge on any atom is -0.463 e. The van der Waals surface area contributed by atoms with E-state index in [4.69, 9.17) is 4.74 Å². The van der Waals surface area contributed by atoms with E-state index in [0.29, 0.717) is 17.9 Å². The fourth-order valence-corrected chi connectivity index (χ4v) is 3.93. The van der Waals surface area contributed by atoms with Crippen molar-refractivity contribution >= 4 is 22.8 Å². The number of hydrogen-bond donors (Lipinski definition) is 2. The van der Waals surface area contributed by atoms with Crippen molar-refractivity contribution in [1.82, 2.24) is 10.6 Å². The van der Waals surface area contributed by atoms with Gasteiger partial charge in [-0.2, -0.15) is 0 Å². The second kappa shape index (κ2) is 5.92. The van der Waals surface area contributed by atoms with Crippen molar-refractivity contribution in [2.24, 2.45) is 0 Å². The zero-order valence-electron chi connectivity index (χ0n) is 14.3. The van der Waals surface area contributed by atoms with E-state index in [2.05, 4.69) is 28.8 Å². The van der Waals surface area contributed by atoms with Crippen molar-refractivity contribution in [2.75, 3.05) is 6.61 Å². The van der Waals surface area contributed by atoms with E-state index in [1.165, 1.54) is 16.5 Å². The highest BCUT2D eigenvalue weighted by molar-refractivity contribution is 5.99. The van der Waals surface area contributed by atoms with Crippen molar-refractivity contribution in [3.05, 3.63) is 58.3 Å². The molecule has 128 valence electrons. The molecule has 0 fully saturated rings. The summed E-state index contributed by atoms with van der Waals surface area (Å²) in [6.07, 6.45) is 2.07. The number of carbonyl (C=O) groups excluding carboxylic acids is 2. The molecule has 1 aliphatic carbocycles. The van der Waals surface area contributed by atoms with Gasteiger partial charge in [-0.05, 0) is 54.2 Å². The highest BCUT2D eigenvalue weighted by atomic mass is 16.5. The molecule has 0 radical (unpaired) electrons. The number of carbonyl (C=O) groups is 2. The van der Waals surface area contributed by atoms with Crippen LogP contribution in [0.3, 0.4) is 0 Å². The number of aryl methyl sites for hydroxylation is 2. The van der Waals surface area contributed by atoms with Crippen LogP contribution in [-0.2, 0) is 22.4 Å². The Bertz CT molecular complexity index is 920. The molecule has 1 atom stereocenters. The molecule has 4 rings (SSSR count). The number of allylic oxidation sites excluding steroid dienone is 1. The highest BCUT2D eigenvalue weighted by Gasteiger charge is 2.33. The number of urea groups is 1. The van der Waals surface area contributed by atoms with Gasteiger partial charge in [0, 0.05) is 5.70 Å². The van der Waals surface area contributed by atoms with Gasteiger partial charge in [0.25, 0.3) is 0 Å². The standard InChI is InChI=1S/C20H20N2O3/c1-3-25-19(23)16-11(2)21-20(24)22-18(16)15-10-9-13-8-7-12-5-4-6-14(15)17(12)13/h4-6,9-10,18H,3,7-8H2,1-2H3,(H2,21,22,24)/t18-/m0/s1. The summed E-state index contributed by atoms with van der Waals surface area (Å²) < 4.78 is 5.22. The highest BCUT2D eigenvalue weighted by Crippen LogP contribution is 2.38. The Hall–Kier alpha value is -2.82. The maximum Gasteiger partial charge on any atom is 0.338 e. The van der Waals surface area contributed by atoms with Gasteiger partial charge in [0.05, 0.1) is 18.2 Å². The van der Waals surface area contributed by atoms with Gasteiger partial charge in [0.2, 0.25) is 0 Å². The van der Waals surface area contributed by atoms with E-state index in [-0.39, 0.29) is 6.03 Å².